The van der Waals surface area contributed by atoms with Gasteiger partial charge in [-0.2, -0.15) is 4.31 Å². The number of rotatable bonds is 10. The van der Waals surface area contributed by atoms with Crippen LogP contribution in [-0.2, 0) is 14.8 Å². The van der Waals surface area contributed by atoms with Crippen molar-refractivity contribution in [3.8, 4) is 0 Å². The van der Waals surface area contributed by atoms with Crippen molar-refractivity contribution in [2.24, 2.45) is 0 Å². The Hall–Kier alpha value is -2.37. The van der Waals surface area contributed by atoms with Crippen LogP contribution in [0.3, 0.4) is 0 Å². The number of amides is 1. The van der Waals surface area contributed by atoms with Gasteiger partial charge in [-0.1, -0.05) is 17.4 Å². The zero-order chi connectivity index (χ0) is 26.7. The summed E-state index contributed by atoms with van der Waals surface area (Å²) < 4.78 is 34.2. The molecule has 1 aromatic heterocycles. The third-order valence-electron chi connectivity index (χ3n) is 6.57. The summed E-state index contributed by atoms with van der Waals surface area (Å²) in [5.41, 5.74) is 3.59. The van der Waals surface area contributed by atoms with E-state index in [2.05, 4.69) is 17.9 Å². The first-order chi connectivity index (χ1) is 17.6. The Morgan fingerprint density at radius 3 is 2.49 bits per heavy atom. The van der Waals surface area contributed by atoms with Gasteiger partial charge in [0.05, 0.1) is 21.2 Å². The summed E-state index contributed by atoms with van der Waals surface area (Å²) in [6.07, 6.45) is 2.53. The second kappa shape index (κ2) is 11.6. The number of sulfonamides is 1. The standard InChI is InChI=1S/C27H36N4O4S2/c1-19-16-20(2)25-24(17-19)28-27(36-25)31(14-7-13-29(3)4)26(32)21-9-11-23(12-10-21)37(33,34)30(5)18-22-8-6-15-35-22/h9-12,16-17,22H,6-8,13-15,18H2,1-5H3. The van der Waals surface area contributed by atoms with Gasteiger partial charge >= 0.3 is 0 Å². The van der Waals surface area contributed by atoms with Crippen molar-refractivity contribution in [2.45, 2.75) is 44.1 Å². The molecule has 0 bridgehead atoms. The van der Waals surface area contributed by atoms with Crippen LogP contribution in [0.15, 0.2) is 41.3 Å². The minimum atomic E-state index is -3.68. The average molecular weight is 545 g/mol. The molecule has 0 aliphatic carbocycles. The third kappa shape index (κ3) is 6.38. The van der Waals surface area contributed by atoms with Crippen molar-refractivity contribution in [3.63, 3.8) is 0 Å². The molecule has 200 valence electrons. The molecule has 0 radical (unpaired) electrons. The Balaban J connectivity index is 1.58. The summed E-state index contributed by atoms with van der Waals surface area (Å²) in [7, 11) is 1.90. The highest BCUT2D eigenvalue weighted by molar-refractivity contribution is 7.89. The first kappa shape index (κ1) is 27.7. The number of carbonyl (C=O) groups excluding carboxylic acids is 1. The van der Waals surface area contributed by atoms with E-state index in [9.17, 15) is 13.2 Å². The maximum Gasteiger partial charge on any atom is 0.260 e. The molecule has 0 spiro atoms. The normalized spacial score (nSPS) is 16.2. The van der Waals surface area contributed by atoms with Crippen LogP contribution in [0.1, 0.15) is 40.7 Å². The minimum Gasteiger partial charge on any atom is -0.377 e. The monoisotopic (exact) mass is 544 g/mol. The van der Waals surface area contributed by atoms with E-state index in [0.29, 0.717) is 30.4 Å². The fourth-order valence-corrected chi connectivity index (χ4v) is 6.83. The number of nitrogens with zero attached hydrogens (tertiary/aromatic N) is 4. The SMILES string of the molecule is Cc1cc(C)c2sc(N(CCCN(C)C)C(=O)c3ccc(S(=O)(=O)N(C)CC4CCCO4)cc3)nc2c1. The van der Waals surface area contributed by atoms with Crippen LogP contribution in [0.25, 0.3) is 10.2 Å². The lowest BCUT2D eigenvalue weighted by Crippen LogP contribution is -2.34. The maximum atomic E-state index is 13.7. The Morgan fingerprint density at radius 1 is 1.11 bits per heavy atom. The highest BCUT2D eigenvalue weighted by Gasteiger charge is 2.27. The Labute approximate surface area is 223 Å². The number of aryl methyl sites for hydroxylation is 2. The fourth-order valence-electron chi connectivity index (χ4n) is 4.59. The quantitative estimate of drug-likeness (QED) is 0.378. The Morgan fingerprint density at radius 2 is 1.84 bits per heavy atom. The van der Waals surface area contributed by atoms with Crippen LogP contribution in [0.5, 0.6) is 0 Å². The number of anilines is 1. The van der Waals surface area contributed by atoms with Gasteiger partial charge in [-0.15, -0.1) is 0 Å². The average Bonchev–Trinajstić information content (AvgIpc) is 3.51. The summed E-state index contributed by atoms with van der Waals surface area (Å²) in [5.74, 6) is -0.191. The number of benzene rings is 2. The molecule has 0 N–H and O–H groups in total. The lowest BCUT2D eigenvalue weighted by Gasteiger charge is -2.22. The molecule has 1 fully saturated rings. The number of likely N-dealkylation sites (N-methyl/N-ethyl adjacent to an activating group) is 1. The number of hydrogen-bond acceptors (Lipinski definition) is 7. The van der Waals surface area contributed by atoms with Gasteiger partial charge in [-0.05, 0) is 95.2 Å². The summed E-state index contributed by atoms with van der Waals surface area (Å²) in [6, 6.07) is 10.4. The van der Waals surface area contributed by atoms with Crippen LogP contribution in [0, 0.1) is 13.8 Å². The van der Waals surface area contributed by atoms with Gasteiger partial charge in [0.2, 0.25) is 10.0 Å². The molecule has 1 aliphatic rings. The number of hydrogen-bond donors (Lipinski definition) is 0. The molecule has 1 atom stereocenters. The van der Waals surface area contributed by atoms with Crippen molar-refractivity contribution >= 4 is 42.6 Å². The zero-order valence-electron chi connectivity index (χ0n) is 22.2. The predicted octanol–water partition coefficient (Wildman–Crippen LogP) is 4.31. The van der Waals surface area contributed by atoms with E-state index < -0.39 is 10.0 Å². The molecule has 2 aromatic carbocycles. The van der Waals surface area contributed by atoms with E-state index in [0.717, 1.165) is 47.2 Å². The van der Waals surface area contributed by atoms with Crippen LogP contribution < -0.4 is 4.90 Å². The number of thiazole rings is 1. The second-order valence-electron chi connectivity index (χ2n) is 9.99. The van der Waals surface area contributed by atoms with E-state index in [-0.39, 0.29) is 16.9 Å². The molecule has 1 saturated heterocycles. The van der Waals surface area contributed by atoms with Crippen molar-refractivity contribution in [3.05, 3.63) is 53.1 Å². The summed E-state index contributed by atoms with van der Waals surface area (Å²) in [4.78, 5) is 22.4. The second-order valence-corrected chi connectivity index (χ2v) is 13.0. The van der Waals surface area contributed by atoms with E-state index in [1.807, 2.05) is 27.1 Å². The largest absolute Gasteiger partial charge is 0.377 e. The van der Waals surface area contributed by atoms with Gasteiger partial charge in [0.1, 0.15) is 0 Å². The number of carbonyl (C=O) groups is 1. The van der Waals surface area contributed by atoms with Gasteiger partial charge in [-0.25, -0.2) is 13.4 Å². The predicted molar refractivity (Wildman–Crippen MR) is 149 cm³/mol. The van der Waals surface area contributed by atoms with Gasteiger partial charge in [0, 0.05) is 32.3 Å². The summed E-state index contributed by atoms with van der Waals surface area (Å²) >= 11 is 1.51. The molecule has 37 heavy (non-hydrogen) atoms. The lowest BCUT2D eigenvalue weighted by atomic mass is 10.1. The Kier molecular flexibility index (Phi) is 8.65. The third-order valence-corrected chi connectivity index (χ3v) is 9.63. The number of fused-ring (bicyclic) bond motifs is 1. The molecule has 3 aromatic rings. The molecule has 1 amide bonds. The zero-order valence-corrected chi connectivity index (χ0v) is 23.9. The maximum absolute atomic E-state index is 13.7. The van der Waals surface area contributed by atoms with Crippen molar-refractivity contribution < 1.29 is 17.9 Å². The molecular weight excluding hydrogens is 508 g/mol. The summed E-state index contributed by atoms with van der Waals surface area (Å²) in [6.45, 7) is 6.44. The van der Waals surface area contributed by atoms with Gasteiger partial charge < -0.3 is 9.64 Å². The molecule has 1 aliphatic heterocycles. The number of aromatic nitrogens is 1. The van der Waals surface area contributed by atoms with Crippen LogP contribution >= 0.6 is 11.3 Å². The smallest absolute Gasteiger partial charge is 0.260 e. The minimum absolute atomic E-state index is 0.0717. The molecule has 4 rings (SSSR count). The molecule has 0 saturated carbocycles. The van der Waals surface area contributed by atoms with Gasteiger partial charge in [-0.3, -0.25) is 9.69 Å². The summed E-state index contributed by atoms with van der Waals surface area (Å²) in [5, 5.41) is 0.653. The molecule has 8 nitrogen and oxygen atoms in total. The number of ether oxygens (including phenoxy) is 1. The van der Waals surface area contributed by atoms with Crippen molar-refractivity contribution in [1.82, 2.24) is 14.2 Å². The molecular formula is C27H36N4O4S2. The lowest BCUT2D eigenvalue weighted by molar-refractivity contribution is 0.0978. The van der Waals surface area contributed by atoms with E-state index in [1.165, 1.54) is 27.8 Å². The highest BCUT2D eigenvalue weighted by atomic mass is 32.2. The van der Waals surface area contributed by atoms with Crippen LogP contribution in [-0.4, -0.2) is 82.0 Å². The molecule has 10 heteroatoms. The van der Waals surface area contributed by atoms with E-state index in [4.69, 9.17) is 9.72 Å². The van der Waals surface area contributed by atoms with Crippen molar-refractivity contribution in [1.29, 1.82) is 0 Å². The van der Waals surface area contributed by atoms with E-state index >= 15 is 0 Å². The first-order valence-corrected chi connectivity index (χ1v) is 14.8. The Bertz CT molecular complexity index is 1350. The van der Waals surface area contributed by atoms with Gasteiger partial charge in [0.15, 0.2) is 5.13 Å². The fraction of sp³-hybridized carbons (Fsp3) is 0.481. The van der Waals surface area contributed by atoms with Crippen LogP contribution in [0.2, 0.25) is 0 Å². The van der Waals surface area contributed by atoms with E-state index in [1.54, 1.807) is 24.1 Å². The van der Waals surface area contributed by atoms with Crippen molar-refractivity contribution in [2.75, 3.05) is 52.3 Å². The topological polar surface area (TPSA) is 83.1 Å². The molecule has 1 unspecified atom stereocenters. The van der Waals surface area contributed by atoms with Crippen LogP contribution in [0.4, 0.5) is 5.13 Å². The highest BCUT2D eigenvalue weighted by Crippen LogP contribution is 2.33. The molecule has 2 heterocycles. The van der Waals surface area contributed by atoms with Gasteiger partial charge in [0.25, 0.3) is 5.91 Å². The first-order valence-electron chi connectivity index (χ1n) is 12.6.